The van der Waals surface area contributed by atoms with Crippen molar-refractivity contribution in [3.8, 4) is 5.75 Å². The van der Waals surface area contributed by atoms with Crippen LogP contribution in [0.4, 0.5) is 0 Å². The van der Waals surface area contributed by atoms with E-state index in [1.165, 1.54) is 0 Å². The van der Waals surface area contributed by atoms with Crippen molar-refractivity contribution in [1.82, 2.24) is 10.3 Å². The number of benzene rings is 2. The number of carbonyl (C=O) groups excluding carboxylic acids is 1. The molecule has 23 heavy (non-hydrogen) atoms. The second-order valence-electron chi connectivity index (χ2n) is 5.12. The van der Waals surface area contributed by atoms with Gasteiger partial charge < -0.3 is 10.1 Å². The minimum atomic E-state index is 0.0286. The van der Waals surface area contributed by atoms with E-state index in [2.05, 4.69) is 10.3 Å². The van der Waals surface area contributed by atoms with Crippen LogP contribution in [0.1, 0.15) is 17.8 Å². The molecule has 1 heterocycles. The van der Waals surface area contributed by atoms with Crippen molar-refractivity contribution in [3.63, 3.8) is 0 Å². The Hall–Kier alpha value is -2.40. The number of thiazole rings is 1. The van der Waals surface area contributed by atoms with Crippen LogP contribution in [0.15, 0.2) is 54.6 Å². The summed E-state index contributed by atoms with van der Waals surface area (Å²) in [6.07, 6.45) is 1.15. The lowest BCUT2D eigenvalue weighted by Gasteiger charge is -2.06. The fraction of sp³-hybridized carbons (Fsp3) is 0.222. The molecule has 0 aliphatic rings. The van der Waals surface area contributed by atoms with Gasteiger partial charge in [0.15, 0.2) is 0 Å². The highest BCUT2D eigenvalue weighted by Gasteiger charge is 2.06. The van der Waals surface area contributed by atoms with Gasteiger partial charge in [0.05, 0.1) is 23.4 Å². The van der Waals surface area contributed by atoms with Crippen LogP contribution in [0.5, 0.6) is 5.75 Å². The Bertz CT molecular complexity index is 738. The van der Waals surface area contributed by atoms with E-state index in [4.69, 9.17) is 4.74 Å². The van der Waals surface area contributed by atoms with Gasteiger partial charge in [0.2, 0.25) is 5.91 Å². The number of para-hydroxylation sites is 2. The number of aromatic nitrogens is 1. The molecule has 2 aromatic carbocycles. The number of amides is 1. The van der Waals surface area contributed by atoms with Crippen LogP contribution in [-0.2, 0) is 11.3 Å². The van der Waals surface area contributed by atoms with Crippen LogP contribution in [-0.4, -0.2) is 17.5 Å². The van der Waals surface area contributed by atoms with Gasteiger partial charge >= 0.3 is 0 Å². The number of hydrogen-bond donors (Lipinski definition) is 1. The molecule has 3 rings (SSSR count). The average Bonchev–Trinajstić information content (AvgIpc) is 3.01. The number of nitrogens with one attached hydrogen (secondary N) is 1. The van der Waals surface area contributed by atoms with Gasteiger partial charge in [-0.05, 0) is 30.7 Å². The molecule has 0 bridgehead atoms. The Morgan fingerprint density at radius 2 is 1.87 bits per heavy atom. The lowest BCUT2D eigenvalue weighted by Crippen LogP contribution is -2.22. The molecular weight excluding hydrogens is 308 g/mol. The van der Waals surface area contributed by atoms with Crippen LogP contribution < -0.4 is 10.1 Å². The number of carbonyl (C=O) groups is 1. The average molecular weight is 326 g/mol. The van der Waals surface area contributed by atoms with Crippen molar-refractivity contribution < 1.29 is 9.53 Å². The monoisotopic (exact) mass is 326 g/mol. The molecule has 0 saturated heterocycles. The number of nitrogens with zero attached hydrogens (tertiary/aromatic N) is 1. The maximum absolute atomic E-state index is 11.9. The van der Waals surface area contributed by atoms with E-state index >= 15 is 0 Å². The van der Waals surface area contributed by atoms with Gasteiger partial charge in [-0.15, -0.1) is 11.3 Å². The van der Waals surface area contributed by atoms with Crippen LogP contribution in [0.3, 0.4) is 0 Å². The van der Waals surface area contributed by atoms with E-state index in [9.17, 15) is 4.79 Å². The molecule has 3 aromatic rings. The first-order chi connectivity index (χ1) is 11.3. The Morgan fingerprint density at radius 3 is 2.70 bits per heavy atom. The number of fused-ring (bicyclic) bond motifs is 1. The smallest absolute Gasteiger partial charge is 0.220 e. The summed E-state index contributed by atoms with van der Waals surface area (Å²) in [6, 6.07) is 17.6. The van der Waals surface area contributed by atoms with E-state index in [0.29, 0.717) is 26.0 Å². The van der Waals surface area contributed by atoms with E-state index in [1.54, 1.807) is 11.3 Å². The quantitative estimate of drug-likeness (QED) is 0.672. The molecule has 0 atom stereocenters. The second-order valence-corrected chi connectivity index (χ2v) is 6.23. The number of ether oxygens (including phenoxy) is 1. The first-order valence-electron chi connectivity index (χ1n) is 7.60. The molecule has 0 aliphatic carbocycles. The maximum Gasteiger partial charge on any atom is 0.220 e. The molecule has 118 valence electrons. The standard InChI is InChI=1S/C18H18N2O2S/c21-17(11-6-12-22-14-7-2-1-3-8-14)19-13-18-20-15-9-4-5-10-16(15)23-18/h1-5,7-10H,6,11-13H2,(H,19,21). The Morgan fingerprint density at radius 1 is 1.09 bits per heavy atom. The Labute approximate surface area is 139 Å². The van der Waals surface area contributed by atoms with E-state index in [-0.39, 0.29) is 5.91 Å². The molecular formula is C18H18N2O2S. The molecule has 5 heteroatoms. The van der Waals surface area contributed by atoms with Crippen LogP contribution in [0.25, 0.3) is 10.2 Å². The summed E-state index contributed by atoms with van der Waals surface area (Å²) in [6.45, 7) is 1.02. The topological polar surface area (TPSA) is 51.2 Å². The van der Waals surface area contributed by atoms with Gasteiger partial charge in [-0.25, -0.2) is 4.98 Å². The molecule has 0 spiro atoms. The highest BCUT2D eigenvalue weighted by Crippen LogP contribution is 2.21. The summed E-state index contributed by atoms with van der Waals surface area (Å²) in [7, 11) is 0. The van der Waals surface area contributed by atoms with Crippen LogP contribution in [0.2, 0.25) is 0 Å². The third kappa shape index (κ3) is 4.53. The van der Waals surface area contributed by atoms with Crippen molar-refractivity contribution >= 4 is 27.5 Å². The van der Waals surface area contributed by atoms with Crippen molar-refractivity contribution in [3.05, 3.63) is 59.6 Å². The zero-order chi connectivity index (χ0) is 15.9. The SMILES string of the molecule is O=C(CCCOc1ccccc1)NCc1nc2ccccc2s1. The lowest BCUT2D eigenvalue weighted by atomic mass is 10.3. The predicted octanol–water partition coefficient (Wildman–Crippen LogP) is 3.77. The van der Waals surface area contributed by atoms with Gasteiger partial charge in [-0.2, -0.15) is 0 Å². The van der Waals surface area contributed by atoms with Gasteiger partial charge in [-0.1, -0.05) is 30.3 Å². The summed E-state index contributed by atoms with van der Waals surface area (Å²) in [5.74, 6) is 0.864. The number of rotatable bonds is 7. The second kappa shape index (κ2) is 7.74. The van der Waals surface area contributed by atoms with Gasteiger partial charge in [-0.3, -0.25) is 4.79 Å². The zero-order valence-electron chi connectivity index (χ0n) is 12.7. The van der Waals surface area contributed by atoms with E-state index in [0.717, 1.165) is 21.0 Å². The number of hydrogen-bond acceptors (Lipinski definition) is 4. The molecule has 1 N–H and O–H groups in total. The fourth-order valence-corrected chi connectivity index (χ4v) is 3.10. The fourth-order valence-electron chi connectivity index (χ4n) is 2.20. The minimum absolute atomic E-state index is 0.0286. The van der Waals surface area contributed by atoms with Gasteiger partial charge in [0.25, 0.3) is 0 Å². The van der Waals surface area contributed by atoms with Crippen molar-refractivity contribution in [1.29, 1.82) is 0 Å². The van der Waals surface area contributed by atoms with Crippen molar-refractivity contribution in [2.45, 2.75) is 19.4 Å². The maximum atomic E-state index is 11.9. The highest BCUT2D eigenvalue weighted by atomic mass is 32.1. The highest BCUT2D eigenvalue weighted by molar-refractivity contribution is 7.18. The van der Waals surface area contributed by atoms with Crippen LogP contribution in [0, 0.1) is 0 Å². The predicted molar refractivity (Wildman–Crippen MR) is 92.6 cm³/mol. The summed E-state index contributed by atoms with van der Waals surface area (Å²) in [5.41, 5.74) is 0.984. The van der Waals surface area contributed by atoms with E-state index in [1.807, 2.05) is 54.6 Å². The molecule has 0 radical (unpaired) electrons. The van der Waals surface area contributed by atoms with Gasteiger partial charge in [0, 0.05) is 6.42 Å². The summed E-state index contributed by atoms with van der Waals surface area (Å²) in [4.78, 5) is 16.4. The first kappa shape index (κ1) is 15.5. The van der Waals surface area contributed by atoms with E-state index < -0.39 is 0 Å². The van der Waals surface area contributed by atoms with Crippen LogP contribution >= 0.6 is 11.3 Å². The third-order valence-corrected chi connectivity index (χ3v) is 4.37. The minimum Gasteiger partial charge on any atom is -0.494 e. The molecule has 1 amide bonds. The Kier molecular flexibility index (Phi) is 5.21. The largest absolute Gasteiger partial charge is 0.494 e. The molecule has 0 saturated carbocycles. The normalized spacial score (nSPS) is 10.6. The van der Waals surface area contributed by atoms with Gasteiger partial charge in [0.1, 0.15) is 10.8 Å². The zero-order valence-corrected chi connectivity index (χ0v) is 13.5. The third-order valence-electron chi connectivity index (χ3n) is 3.34. The molecule has 0 fully saturated rings. The molecule has 0 unspecified atom stereocenters. The van der Waals surface area contributed by atoms with Crippen molar-refractivity contribution in [2.75, 3.05) is 6.61 Å². The molecule has 0 aliphatic heterocycles. The lowest BCUT2D eigenvalue weighted by molar-refractivity contribution is -0.121. The first-order valence-corrected chi connectivity index (χ1v) is 8.42. The summed E-state index contributed by atoms with van der Waals surface area (Å²) in [5, 5.41) is 3.84. The summed E-state index contributed by atoms with van der Waals surface area (Å²) < 4.78 is 6.72. The van der Waals surface area contributed by atoms with Crippen molar-refractivity contribution in [2.24, 2.45) is 0 Å². The summed E-state index contributed by atoms with van der Waals surface area (Å²) >= 11 is 1.61. The molecule has 4 nitrogen and oxygen atoms in total. The Balaban J connectivity index is 1.38. The molecule has 1 aromatic heterocycles.